The molecule has 0 saturated carbocycles. The molecule has 2 rings (SSSR count). The van der Waals surface area contributed by atoms with Crippen molar-refractivity contribution in [3.8, 4) is 0 Å². The lowest BCUT2D eigenvalue weighted by Gasteiger charge is -2.01. The van der Waals surface area contributed by atoms with Crippen molar-refractivity contribution in [2.24, 2.45) is 0 Å². The first-order valence-electron chi connectivity index (χ1n) is 4.64. The molecule has 2 aromatic rings. The Morgan fingerprint density at radius 3 is 2.53 bits per heavy atom. The van der Waals surface area contributed by atoms with Gasteiger partial charge in [-0.2, -0.15) is 0 Å². The fourth-order valence-corrected chi connectivity index (χ4v) is 1.48. The van der Waals surface area contributed by atoms with Crippen LogP contribution in [0.5, 0.6) is 0 Å². The number of imidazole rings is 1. The second-order valence-corrected chi connectivity index (χ2v) is 3.80. The summed E-state index contributed by atoms with van der Waals surface area (Å²) in [5.41, 5.74) is 1.09. The first kappa shape index (κ1) is 13.5. The van der Waals surface area contributed by atoms with Gasteiger partial charge in [-0.1, -0.05) is 23.7 Å². The van der Waals surface area contributed by atoms with Crippen LogP contribution < -0.4 is 0 Å². The quantitative estimate of drug-likeness (QED) is 0.935. The van der Waals surface area contributed by atoms with E-state index in [0.717, 1.165) is 5.56 Å². The van der Waals surface area contributed by atoms with Crippen LogP contribution in [0.4, 0.5) is 0 Å². The van der Waals surface area contributed by atoms with Crippen LogP contribution in [0.3, 0.4) is 0 Å². The van der Waals surface area contributed by atoms with Gasteiger partial charge in [0, 0.05) is 17.8 Å². The zero-order chi connectivity index (χ0) is 11.5. The van der Waals surface area contributed by atoms with Gasteiger partial charge in [-0.3, -0.25) is 0 Å². The van der Waals surface area contributed by atoms with Crippen LogP contribution >= 0.6 is 24.0 Å². The molecule has 0 spiro atoms. The molecule has 0 bridgehead atoms. The van der Waals surface area contributed by atoms with Gasteiger partial charge in [0.2, 0.25) is 0 Å². The average molecular weight is 273 g/mol. The summed E-state index contributed by atoms with van der Waals surface area (Å²) in [5, 5.41) is 9.39. The predicted molar refractivity (Wildman–Crippen MR) is 67.0 cm³/mol. The Labute approximate surface area is 109 Å². The summed E-state index contributed by atoms with van der Waals surface area (Å²) in [6, 6.07) is 7.38. The lowest BCUT2D eigenvalue weighted by atomic mass is 10.2. The number of nitrogens with zero attached hydrogens (tertiary/aromatic N) is 2. The van der Waals surface area contributed by atoms with E-state index in [1.54, 1.807) is 16.7 Å². The molecular weight excluding hydrogens is 263 g/mol. The topological polar surface area (TPSA) is 55.1 Å². The highest BCUT2D eigenvalue weighted by Gasteiger charge is 2.06. The molecule has 1 aromatic carbocycles. The molecule has 1 heterocycles. The number of halogens is 2. The van der Waals surface area contributed by atoms with Gasteiger partial charge in [0.15, 0.2) is 5.69 Å². The molecule has 0 aliphatic heterocycles. The third-order valence-electron chi connectivity index (χ3n) is 2.13. The fourth-order valence-electron chi connectivity index (χ4n) is 1.36. The smallest absolute Gasteiger partial charge is 0.356 e. The highest BCUT2D eigenvalue weighted by molar-refractivity contribution is 6.30. The molecule has 1 N–H and O–H groups in total. The van der Waals surface area contributed by atoms with E-state index in [0.29, 0.717) is 11.6 Å². The van der Waals surface area contributed by atoms with E-state index in [1.165, 1.54) is 12.5 Å². The Kier molecular flexibility index (Phi) is 4.54. The molecule has 0 aliphatic carbocycles. The molecule has 0 amide bonds. The Morgan fingerprint density at radius 1 is 1.35 bits per heavy atom. The first-order valence-corrected chi connectivity index (χ1v) is 5.02. The van der Waals surface area contributed by atoms with Gasteiger partial charge in [-0.05, 0) is 17.7 Å². The van der Waals surface area contributed by atoms with Gasteiger partial charge in [0.25, 0.3) is 0 Å². The standard InChI is InChI=1S/C11H9ClN2O2.ClH/c12-9-3-1-8(2-4-9)5-14-6-10(11(15)16)13-7-14;/h1-4,6-7H,5H2,(H,15,16);1H. The van der Waals surface area contributed by atoms with E-state index in [1.807, 2.05) is 12.1 Å². The summed E-state index contributed by atoms with van der Waals surface area (Å²) < 4.78 is 1.71. The molecule has 17 heavy (non-hydrogen) atoms. The van der Waals surface area contributed by atoms with Crippen molar-refractivity contribution in [3.63, 3.8) is 0 Å². The number of carbonyl (C=O) groups is 1. The SMILES string of the molecule is Cl.O=C(O)c1cn(Cc2ccc(Cl)cc2)cn1. The maximum Gasteiger partial charge on any atom is 0.356 e. The molecular formula is C11H10Cl2N2O2. The van der Waals surface area contributed by atoms with Crippen molar-refractivity contribution >= 4 is 30.0 Å². The summed E-state index contributed by atoms with van der Waals surface area (Å²) >= 11 is 5.76. The van der Waals surface area contributed by atoms with Gasteiger partial charge >= 0.3 is 5.97 Å². The van der Waals surface area contributed by atoms with Gasteiger partial charge in [-0.15, -0.1) is 12.4 Å². The van der Waals surface area contributed by atoms with Crippen molar-refractivity contribution in [2.75, 3.05) is 0 Å². The van der Waals surface area contributed by atoms with Crippen LogP contribution in [-0.2, 0) is 6.54 Å². The number of aromatic carboxylic acids is 1. The Hall–Kier alpha value is -1.52. The highest BCUT2D eigenvalue weighted by Crippen LogP contribution is 2.10. The third kappa shape index (κ3) is 3.47. The summed E-state index contributed by atoms with van der Waals surface area (Å²) in [6.07, 6.45) is 3.00. The second-order valence-electron chi connectivity index (χ2n) is 3.36. The van der Waals surface area contributed by atoms with E-state index in [9.17, 15) is 4.79 Å². The Bertz CT molecular complexity index is 508. The molecule has 0 radical (unpaired) electrons. The largest absolute Gasteiger partial charge is 0.476 e. The van der Waals surface area contributed by atoms with Crippen molar-refractivity contribution in [3.05, 3.63) is 53.1 Å². The maximum absolute atomic E-state index is 10.6. The van der Waals surface area contributed by atoms with Crippen LogP contribution in [0, 0.1) is 0 Å². The number of benzene rings is 1. The van der Waals surface area contributed by atoms with Crippen molar-refractivity contribution in [1.29, 1.82) is 0 Å². The molecule has 1 aromatic heterocycles. The van der Waals surface area contributed by atoms with Crippen LogP contribution in [0.2, 0.25) is 5.02 Å². The minimum Gasteiger partial charge on any atom is -0.476 e. The van der Waals surface area contributed by atoms with E-state index in [-0.39, 0.29) is 18.1 Å². The molecule has 0 atom stereocenters. The number of carboxylic acid groups (broad SMARTS) is 1. The van der Waals surface area contributed by atoms with Crippen LogP contribution in [0.1, 0.15) is 16.1 Å². The summed E-state index contributed by atoms with van der Waals surface area (Å²) in [5.74, 6) is -1.02. The minimum atomic E-state index is -1.02. The van der Waals surface area contributed by atoms with Crippen molar-refractivity contribution in [1.82, 2.24) is 9.55 Å². The normalized spacial score (nSPS) is 9.71. The van der Waals surface area contributed by atoms with Crippen LogP contribution in [0.25, 0.3) is 0 Å². The molecule has 90 valence electrons. The van der Waals surface area contributed by atoms with Crippen LogP contribution in [0.15, 0.2) is 36.8 Å². The summed E-state index contributed by atoms with van der Waals surface area (Å²) in [4.78, 5) is 14.4. The molecule has 6 heteroatoms. The van der Waals surface area contributed by atoms with Crippen molar-refractivity contribution < 1.29 is 9.90 Å². The van der Waals surface area contributed by atoms with Gasteiger partial charge in [-0.25, -0.2) is 9.78 Å². The summed E-state index contributed by atoms with van der Waals surface area (Å²) in [7, 11) is 0. The van der Waals surface area contributed by atoms with E-state index in [4.69, 9.17) is 16.7 Å². The average Bonchev–Trinajstić information content (AvgIpc) is 2.70. The van der Waals surface area contributed by atoms with Gasteiger partial charge < -0.3 is 9.67 Å². The Morgan fingerprint density at radius 2 is 2.00 bits per heavy atom. The Balaban J connectivity index is 0.00000144. The van der Waals surface area contributed by atoms with Gasteiger partial charge in [0.05, 0.1) is 6.33 Å². The molecule has 0 fully saturated rings. The zero-order valence-corrected chi connectivity index (χ0v) is 10.3. The number of hydrogen-bond donors (Lipinski definition) is 1. The number of carboxylic acids is 1. The van der Waals surface area contributed by atoms with Crippen molar-refractivity contribution in [2.45, 2.75) is 6.54 Å². The molecule has 0 saturated heterocycles. The lowest BCUT2D eigenvalue weighted by Crippen LogP contribution is -1.98. The zero-order valence-electron chi connectivity index (χ0n) is 8.71. The maximum atomic E-state index is 10.6. The number of hydrogen-bond acceptors (Lipinski definition) is 2. The monoisotopic (exact) mass is 272 g/mol. The number of aromatic nitrogens is 2. The van der Waals surface area contributed by atoms with Gasteiger partial charge in [0.1, 0.15) is 0 Å². The van der Waals surface area contributed by atoms with E-state index >= 15 is 0 Å². The van der Waals surface area contributed by atoms with E-state index in [2.05, 4.69) is 4.98 Å². The number of rotatable bonds is 3. The van der Waals surface area contributed by atoms with Crippen LogP contribution in [-0.4, -0.2) is 20.6 Å². The molecule has 4 nitrogen and oxygen atoms in total. The third-order valence-corrected chi connectivity index (χ3v) is 2.38. The first-order chi connectivity index (χ1) is 7.65. The molecule has 0 unspecified atom stereocenters. The van der Waals surface area contributed by atoms with E-state index < -0.39 is 5.97 Å². The minimum absolute atomic E-state index is 0. The predicted octanol–water partition coefficient (Wildman–Crippen LogP) is 2.70. The summed E-state index contributed by atoms with van der Waals surface area (Å²) in [6.45, 7) is 0.581. The molecule has 0 aliphatic rings. The second kappa shape index (κ2) is 5.70. The highest BCUT2D eigenvalue weighted by atomic mass is 35.5. The fraction of sp³-hybridized carbons (Fsp3) is 0.0909. The lowest BCUT2D eigenvalue weighted by molar-refractivity contribution is 0.0691.